The molecule has 0 saturated carbocycles. The van der Waals surface area contributed by atoms with E-state index in [-0.39, 0.29) is 17.9 Å². The third kappa shape index (κ3) is 3.93. The summed E-state index contributed by atoms with van der Waals surface area (Å²) in [6.45, 7) is 5.46. The molecule has 0 radical (unpaired) electrons. The van der Waals surface area contributed by atoms with Gasteiger partial charge in [-0.2, -0.15) is 0 Å². The third-order valence-corrected chi connectivity index (χ3v) is 5.93. The topological polar surface area (TPSA) is 75.8 Å². The van der Waals surface area contributed by atoms with Crippen molar-refractivity contribution in [3.8, 4) is 0 Å². The highest BCUT2D eigenvalue weighted by Crippen LogP contribution is 2.24. The smallest absolute Gasteiger partial charge is 0.339 e. The van der Waals surface area contributed by atoms with Crippen LogP contribution in [-0.2, 0) is 4.74 Å². The maximum Gasteiger partial charge on any atom is 0.339 e. The lowest BCUT2D eigenvalue weighted by Gasteiger charge is -2.19. The Morgan fingerprint density at radius 2 is 1.82 bits per heavy atom. The fraction of sp³-hybridized carbons (Fsp3) is 0.273. The van der Waals surface area contributed by atoms with Gasteiger partial charge in [0, 0.05) is 11.3 Å². The lowest BCUT2D eigenvalue weighted by atomic mass is 10.0. The van der Waals surface area contributed by atoms with E-state index >= 15 is 0 Å². The Morgan fingerprint density at radius 1 is 1.11 bits per heavy atom. The first-order valence-electron chi connectivity index (χ1n) is 9.19. The van der Waals surface area contributed by atoms with Crippen LogP contribution >= 0.6 is 11.3 Å². The molecule has 3 aromatic rings. The number of Topliss-reactive ketones (excluding diaryl/α,β-unsaturated/α-hetero) is 1. The number of ketones is 1. The average molecular weight is 398 g/mol. The number of benzene rings is 1. The zero-order chi connectivity index (χ0) is 20.3. The highest BCUT2D eigenvalue weighted by atomic mass is 32.1. The number of aromatic amines is 1. The minimum Gasteiger partial charge on any atom is -0.465 e. The minimum absolute atomic E-state index is 0.0340. The molecule has 0 unspecified atom stereocenters. The van der Waals surface area contributed by atoms with Gasteiger partial charge in [0.15, 0.2) is 0 Å². The Hall–Kier alpha value is -2.70. The Labute approximate surface area is 168 Å². The van der Waals surface area contributed by atoms with Gasteiger partial charge in [-0.15, -0.1) is 11.3 Å². The first kappa shape index (κ1) is 20.0. The molecule has 0 aliphatic rings. The number of thiophene rings is 1. The number of hydrogen-bond donors (Lipinski definition) is 2. The summed E-state index contributed by atoms with van der Waals surface area (Å²) < 4.78 is 4.85. The fourth-order valence-electron chi connectivity index (χ4n) is 3.51. The van der Waals surface area contributed by atoms with Crippen LogP contribution in [0.3, 0.4) is 0 Å². The number of aryl methyl sites for hydroxylation is 1. The quantitative estimate of drug-likeness (QED) is 0.474. The molecule has 2 heterocycles. The van der Waals surface area contributed by atoms with E-state index in [9.17, 15) is 9.59 Å². The molecule has 3 rings (SSSR count). The van der Waals surface area contributed by atoms with Gasteiger partial charge in [-0.05, 0) is 37.8 Å². The Kier molecular flexibility index (Phi) is 6.11. The molecule has 0 fully saturated rings. The second-order valence-electron chi connectivity index (χ2n) is 6.87. The second kappa shape index (κ2) is 8.54. The molecule has 0 aliphatic heterocycles. The van der Waals surface area contributed by atoms with Crippen molar-refractivity contribution in [3.05, 3.63) is 80.8 Å². The number of aromatic nitrogens is 1. The van der Waals surface area contributed by atoms with Crippen molar-refractivity contribution in [1.29, 1.82) is 0 Å². The molecule has 0 amide bonds. The molecule has 28 heavy (non-hydrogen) atoms. The van der Waals surface area contributed by atoms with Crippen molar-refractivity contribution in [2.75, 3.05) is 7.11 Å². The average Bonchev–Trinajstić information content (AvgIpc) is 3.33. The maximum absolute atomic E-state index is 13.2. The summed E-state index contributed by atoms with van der Waals surface area (Å²) in [6.07, 6.45) is 0. The van der Waals surface area contributed by atoms with Crippen molar-refractivity contribution < 1.29 is 19.6 Å². The van der Waals surface area contributed by atoms with Crippen LogP contribution in [0.25, 0.3) is 0 Å². The monoisotopic (exact) mass is 397 g/mol. The predicted molar refractivity (Wildman–Crippen MR) is 110 cm³/mol. The molecule has 5 nitrogen and oxygen atoms in total. The van der Waals surface area contributed by atoms with E-state index in [1.54, 1.807) is 25.2 Å². The Bertz CT molecular complexity index is 961. The number of H-pyrrole nitrogens is 1. The number of carbonyl (C=O) groups is 2. The number of esters is 1. The van der Waals surface area contributed by atoms with Gasteiger partial charge in [-0.3, -0.25) is 4.79 Å². The molecular formula is C22H25N2O3S+. The number of quaternary nitrogens is 1. The molecule has 2 atom stereocenters. The van der Waals surface area contributed by atoms with E-state index in [0.717, 1.165) is 5.56 Å². The van der Waals surface area contributed by atoms with E-state index in [0.29, 0.717) is 22.5 Å². The lowest BCUT2D eigenvalue weighted by Crippen LogP contribution is -2.92. The van der Waals surface area contributed by atoms with Crippen LogP contribution in [0, 0.1) is 13.8 Å². The first-order valence-corrected chi connectivity index (χ1v) is 10.1. The zero-order valence-corrected chi connectivity index (χ0v) is 17.3. The summed E-state index contributed by atoms with van der Waals surface area (Å²) in [5.41, 5.74) is 3.36. The lowest BCUT2D eigenvalue weighted by molar-refractivity contribution is -0.703. The largest absolute Gasteiger partial charge is 0.465 e. The van der Waals surface area contributed by atoms with Gasteiger partial charge in [-0.25, -0.2) is 4.79 Å². The van der Waals surface area contributed by atoms with Crippen LogP contribution in [0.4, 0.5) is 0 Å². The van der Waals surface area contributed by atoms with E-state index in [2.05, 4.69) is 28.5 Å². The standard InChI is InChI=1S/C22H24N2O3S/c1-13-18(22(26)27-4)14(2)23-19(13)21(25)15(3)24-20(17-11-8-12-28-17)16-9-6-5-7-10-16/h5-12,15,20,23-24H,1-4H3/p+1/t15-,20+/m0/s1. The third-order valence-electron chi connectivity index (χ3n) is 4.98. The fourth-order valence-corrected chi connectivity index (χ4v) is 4.34. The molecular weight excluding hydrogens is 372 g/mol. The summed E-state index contributed by atoms with van der Waals surface area (Å²) in [4.78, 5) is 29.5. The normalized spacial score (nSPS) is 13.1. The highest BCUT2D eigenvalue weighted by molar-refractivity contribution is 7.10. The minimum atomic E-state index is -0.428. The van der Waals surface area contributed by atoms with Crippen molar-refractivity contribution in [1.82, 2.24) is 4.98 Å². The molecule has 6 heteroatoms. The van der Waals surface area contributed by atoms with Gasteiger partial charge in [-0.1, -0.05) is 36.4 Å². The molecule has 0 saturated heterocycles. The molecule has 0 bridgehead atoms. The second-order valence-corrected chi connectivity index (χ2v) is 7.85. The van der Waals surface area contributed by atoms with Crippen molar-refractivity contribution in [3.63, 3.8) is 0 Å². The van der Waals surface area contributed by atoms with Crippen LogP contribution in [-0.4, -0.2) is 29.9 Å². The SMILES string of the molecule is COC(=O)c1c(C)[nH]c(C(=O)[C@H](C)[NH2+][C@H](c2ccccc2)c2cccs2)c1C. The van der Waals surface area contributed by atoms with Gasteiger partial charge in [0.05, 0.1) is 23.2 Å². The van der Waals surface area contributed by atoms with Crippen LogP contribution in [0.2, 0.25) is 0 Å². The van der Waals surface area contributed by atoms with E-state index in [1.807, 2.05) is 36.6 Å². The molecule has 146 valence electrons. The van der Waals surface area contributed by atoms with E-state index in [4.69, 9.17) is 4.74 Å². The van der Waals surface area contributed by atoms with Crippen LogP contribution < -0.4 is 5.32 Å². The summed E-state index contributed by atoms with van der Waals surface area (Å²) >= 11 is 1.68. The van der Waals surface area contributed by atoms with E-state index < -0.39 is 5.97 Å². The van der Waals surface area contributed by atoms with E-state index in [1.165, 1.54) is 12.0 Å². The molecule has 0 spiro atoms. The number of rotatable bonds is 7. The van der Waals surface area contributed by atoms with Gasteiger partial charge >= 0.3 is 5.97 Å². The first-order chi connectivity index (χ1) is 13.4. The molecule has 2 aromatic heterocycles. The van der Waals surface area contributed by atoms with Crippen LogP contribution in [0.5, 0.6) is 0 Å². The number of nitrogens with two attached hydrogens (primary N) is 1. The van der Waals surface area contributed by atoms with Crippen molar-refractivity contribution in [2.24, 2.45) is 0 Å². The number of carbonyl (C=O) groups excluding carboxylic acids is 2. The summed E-state index contributed by atoms with van der Waals surface area (Å²) in [6, 6.07) is 14.0. The predicted octanol–water partition coefficient (Wildman–Crippen LogP) is 3.40. The molecule has 3 N–H and O–H groups in total. The summed E-state index contributed by atoms with van der Waals surface area (Å²) in [7, 11) is 1.34. The van der Waals surface area contributed by atoms with Crippen LogP contribution in [0.1, 0.15) is 55.5 Å². The maximum atomic E-state index is 13.2. The van der Waals surface area contributed by atoms with Gasteiger partial charge in [0.1, 0.15) is 12.1 Å². The number of nitrogens with one attached hydrogen (secondary N) is 1. The summed E-state index contributed by atoms with van der Waals surface area (Å²) in [5, 5.41) is 4.13. The van der Waals surface area contributed by atoms with Crippen LogP contribution in [0.15, 0.2) is 47.8 Å². The Morgan fingerprint density at radius 3 is 2.43 bits per heavy atom. The molecule has 0 aliphatic carbocycles. The number of ether oxygens (including phenoxy) is 1. The zero-order valence-electron chi connectivity index (χ0n) is 16.5. The molecule has 1 aromatic carbocycles. The summed E-state index contributed by atoms with van der Waals surface area (Å²) in [5.74, 6) is -0.462. The van der Waals surface area contributed by atoms with Crippen molar-refractivity contribution >= 4 is 23.1 Å². The Balaban J connectivity index is 1.88. The van der Waals surface area contributed by atoms with Crippen molar-refractivity contribution in [2.45, 2.75) is 32.9 Å². The van der Waals surface area contributed by atoms with Gasteiger partial charge in [0.25, 0.3) is 0 Å². The number of methoxy groups -OCH3 is 1. The highest BCUT2D eigenvalue weighted by Gasteiger charge is 2.30. The van der Waals surface area contributed by atoms with Gasteiger partial charge < -0.3 is 15.0 Å². The van der Waals surface area contributed by atoms with Gasteiger partial charge in [0.2, 0.25) is 5.78 Å². The number of hydrogen-bond acceptors (Lipinski definition) is 4.